The highest BCUT2D eigenvalue weighted by Crippen LogP contribution is 2.40. The summed E-state index contributed by atoms with van der Waals surface area (Å²) in [5, 5.41) is 1.21. The maximum atomic E-state index is 12.8. The molecule has 140 valence electrons. The van der Waals surface area contributed by atoms with E-state index in [1.165, 1.54) is 22.2 Å². The third-order valence-electron chi connectivity index (χ3n) is 5.74. The summed E-state index contributed by atoms with van der Waals surface area (Å²) in [6.07, 6.45) is 7.07. The van der Waals surface area contributed by atoms with Gasteiger partial charge in [-0.15, -0.1) is 11.3 Å². The Hall–Kier alpha value is -1.29. The van der Waals surface area contributed by atoms with Crippen molar-refractivity contribution < 1.29 is 8.42 Å². The average molecular weight is 394 g/mol. The van der Waals surface area contributed by atoms with Crippen LogP contribution in [-0.2, 0) is 23.1 Å². The molecule has 0 spiro atoms. The number of fused-ring (bicyclic) bond motifs is 3. The molecule has 7 nitrogen and oxygen atoms in total. The van der Waals surface area contributed by atoms with Gasteiger partial charge in [-0.2, -0.15) is 17.0 Å². The second-order valence-electron chi connectivity index (χ2n) is 7.23. The van der Waals surface area contributed by atoms with E-state index in [1.807, 2.05) is 0 Å². The van der Waals surface area contributed by atoms with Crippen molar-refractivity contribution in [3.05, 3.63) is 16.8 Å². The number of piperazine rings is 1. The Kier molecular flexibility index (Phi) is 4.15. The van der Waals surface area contributed by atoms with Crippen molar-refractivity contribution in [1.82, 2.24) is 18.6 Å². The minimum Gasteiger partial charge on any atom is -0.353 e. The van der Waals surface area contributed by atoms with Crippen LogP contribution in [0.4, 0.5) is 5.82 Å². The summed E-state index contributed by atoms with van der Waals surface area (Å²) >= 11 is 1.80. The first-order valence-corrected chi connectivity index (χ1v) is 11.6. The molecule has 0 saturated carbocycles. The molecule has 0 unspecified atom stereocenters. The molecule has 3 aliphatic rings. The minimum absolute atomic E-state index is 0.524. The van der Waals surface area contributed by atoms with E-state index in [1.54, 1.807) is 26.3 Å². The van der Waals surface area contributed by atoms with Crippen molar-refractivity contribution in [1.29, 1.82) is 0 Å². The topological polar surface area (TPSA) is 69.6 Å². The summed E-state index contributed by atoms with van der Waals surface area (Å²) in [6, 6.07) is 0. The van der Waals surface area contributed by atoms with Crippen LogP contribution in [0.25, 0.3) is 10.2 Å². The minimum atomic E-state index is -3.30. The van der Waals surface area contributed by atoms with Gasteiger partial charge in [0.2, 0.25) is 0 Å². The van der Waals surface area contributed by atoms with Crippen LogP contribution in [0.3, 0.4) is 0 Å². The van der Waals surface area contributed by atoms with E-state index in [4.69, 9.17) is 0 Å². The number of rotatable bonds is 3. The zero-order valence-electron chi connectivity index (χ0n) is 14.7. The molecule has 0 bridgehead atoms. The zero-order chi connectivity index (χ0) is 17.7. The van der Waals surface area contributed by atoms with Crippen molar-refractivity contribution in [2.45, 2.75) is 32.1 Å². The summed E-state index contributed by atoms with van der Waals surface area (Å²) < 4.78 is 28.8. The Bertz CT molecular complexity index is 928. The molecule has 2 fully saturated rings. The van der Waals surface area contributed by atoms with E-state index >= 15 is 0 Å². The summed E-state index contributed by atoms with van der Waals surface area (Å²) in [7, 11) is -3.30. The van der Waals surface area contributed by atoms with Crippen LogP contribution in [0.2, 0.25) is 0 Å². The highest BCUT2D eigenvalue weighted by Gasteiger charge is 2.34. The Balaban J connectivity index is 1.38. The van der Waals surface area contributed by atoms with Crippen LogP contribution in [0.1, 0.15) is 29.7 Å². The van der Waals surface area contributed by atoms with Crippen LogP contribution in [-0.4, -0.2) is 66.3 Å². The second-order valence-corrected chi connectivity index (χ2v) is 10.2. The lowest BCUT2D eigenvalue weighted by Crippen LogP contribution is -2.52. The molecule has 2 aromatic rings. The van der Waals surface area contributed by atoms with Gasteiger partial charge in [-0.1, -0.05) is 0 Å². The van der Waals surface area contributed by atoms with Crippen molar-refractivity contribution in [3.63, 3.8) is 0 Å². The Morgan fingerprint density at radius 2 is 1.62 bits per heavy atom. The summed E-state index contributed by atoms with van der Waals surface area (Å²) in [4.78, 5) is 13.8. The van der Waals surface area contributed by atoms with E-state index in [-0.39, 0.29) is 0 Å². The van der Waals surface area contributed by atoms with Crippen LogP contribution in [0.5, 0.6) is 0 Å². The highest BCUT2D eigenvalue weighted by atomic mass is 32.2. The van der Waals surface area contributed by atoms with Crippen molar-refractivity contribution in [2.24, 2.45) is 0 Å². The van der Waals surface area contributed by atoms with Gasteiger partial charge in [0.15, 0.2) is 0 Å². The first-order valence-electron chi connectivity index (χ1n) is 9.40. The molecule has 2 aromatic heterocycles. The standard InChI is InChI=1S/C17H23N5O2S2/c23-26(24,21-6-1-2-7-21)22-10-8-20(9-11-22)16-15-13-4-3-5-14(13)25-17(15)19-12-18-16/h12H,1-11H2. The number of aromatic nitrogens is 2. The van der Waals surface area contributed by atoms with Crippen LogP contribution >= 0.6 is 11.3 Å². The maximum absolute atomic E-state index is 12.8. The fourth-order valence-corrected chi connectivity index (χ4v) is 7.26. The zero-order valence-corrected chi connectivity index (χ0v) is 16.4. The molecule has 4 heterocycles. The van der Waals surface area contributed by atoms with E-state index < -0.39 is 10.2 Å². The molecular weight excluding hydrogens is 370 g/mol. The molecule has 0 atom stereocenters. The molecule has 0 radical (unpaired) electrons. The van der Waals surface area contributed by atoms with Gasteiger partial charge in [0.05, 0.1) is 5.39 Å². The van der Waals surface area contributed by atoms with Gasteiger partial charge in [-0.05, 0) is 37.7 Å². The normalized spacial score (nSPS) is 22.4. The van der Waals surface area contributed by atoms with Crippen LogP contribution in [0.15, 0.2) is 6.33 Å². The van der Waals surface area contributed by atoms with Gasteiger partial charge < -0.3 is 4.90 Å². The van der Waals surface area contributed by atoms with Gasteiger partial charge in [-0.25, -0.2) is 9.97 Å². The molecule has 0 N–H and O–H groups in total. The fourth-order valence-electron chi connectivity index (χ4n) is 4.36. The predicted octanol–water partition coefficient (Wildman–Crippen LogP) is 1.64. The molecule has 0 amide bonds. The third-order valence-corrected chi connectivity index (χ3v) is 8.97. The van der Waals surface area contributed by atoms with Gasteiger partial charge >= 0.3 is 0 Å². The number of anilines is 1. The summed E-state index contributed by atoms with van der Waals surface area (Å²) in [5.41, 5.74) is 1.42. The van der Waals surface area contributed by atoms with Gasteiger partial charge in [-0.3, -0.25) is 0 Å². The SMILES string of the molecule is O=S(=O)(N1CCCC1)N1CCN(c2ncnc3sc4c(c23)CCC4)CC1. The van der Waals surface area contributed by atoms with E-state index in [2.05, 4.69) is 14.9 Å². The molecule has 0 aromatic carbocycles. The molecule has 5 rings (SSSR count). The van der Waals surface area contributed by atoms with Gasteiger partial charge in [0.1, 0.15) is 17.0 Å². The molecule has 9 heteroatoms. The Labute approximate surface area is 157 Å². The molecule has 2 aliphatic heterocycles. The Morgan fingerprint density at radius 1 is 0.885 bits per heavy atom. The van der Waals surface area contributed by atoms with E-state index in [0.29, 0.717) is 39.3 Å². The summed E-state index contributed by atoms with van der Waals surface area (Å²) in [5.74, 6) is 0.993. The molecular formula is C17H23N5O2S2. The first-order chi connectivity index (χ1) is 12.6. The van der Waals surface area contributed by atoms with Gasteiger partial charge in [0, 0.05) is 44.1 Å². The second kappa shape index (κ2) is 6.40. The van der Waals surface area contributed by atoms with Crippen molar-refractivity contribution in [3.8, 4) is 0 Å². The van der Waals surface area contributed by atoms with Crippen LogP contribution in [0, 0.1) is 0 Å². The largest absolute Gasteiger partial charge is 0.353 e. The third kappa shape index (κ3) is 2.64. The smallest absolute Gasteiger partial charge is 0.282 e. The average Bonchev–Trinajstić information content (AvgIpc) is 3.38. The molecule has 26 heavy (non-hydrogen) atoms. The number of aryl methyl sites for hydroxylation is 2. The van der Waals surface area contributed by atoms with Crippen LogP contribution < -0.4 is 4.90 Å². The number of thiophene rings is 1. The molecule has 2 saturated heterocycles. The van der Waals surface area contributed by atoms with Crippen molar-refractivity contribution in [2.75, 3.05) is 44.2 Å². The number of nitrogens with zero attached hydrogens (tertiary/aromatic N) is 5. The quantitative estimate of drug-likeness (QED) is 0.793. The lowest BCUT2D eigenvalue weighted by Gasteiger charge is -2.36. The Morgan fingerprint density at radius 3 is 2.38 bits per heavy atom. The predicted molar refractivity (Wildman–Crippen MR) is 103 cm³/mol. The fraction of sp³-hybridized carbons (Fsp3) is 0.647. The van der Waals surface area contributed by atoms with Gasteiger partial charge in [0.25, 0.3) is 10.2 Å². The lowest BCUT2D eigenvalue weighted by molar-refractivity contribution is 0.343. The molecule has 1 aliphatic carbocycles. The maximum Gasteiger partial charge on any atom is 0.282 e. The van der Waals surface area contributed by atoms with E-state index in [0.717, 1.165) is 36.3 Å². The number of hydrogen-bond donors (Lipinski definition) is 0. The number of hydrogen-bond acceptors (Lipinski definition) is 6. The monoisotopic (exact) mass is 393 g/mol. The van der Waals surface area contributed by atoms with Crippen molar-refractivity contribution >= 4 is 37.6 Å². The summed E-state index contributed by atoms with van der Waals surface area (Å²) in [6.45, 7) is 3.74. The lowest BCUT2D eigenvalue weighted by atomic mass is 10.1. The first kappa shape index (κ1) is 16.9. The van der Waals surface area contributed by atoms with E-state index in [9.17, 15) is 8.42 Å². The highest BCUT2D eigenvalue weighted by molar-refractivity contribution is 7.86.